The molecule has 0 saturated carbocycles. The SMILES string of the molecule is C=CC[C@@](C=C)(NC(=O)OCc1ccccc1)C(=O)O. The highest BCUT2D eigenvalue weighted by molar-refractivity contribution is 5.86. The van der Waals surface area contributed by atoms with Crippen LogP contribution < -0.4 is 5.32 Å². The lowest BCUT2D eigenvalue weighted by Gasteiger charge is -2.25. The van der Waals surface area contributed by atoms with Crippen molar-refractivity contribution in [2.75, 3.05) is 0 Å². The van der Waals surface area contributed by atoms with Crippen LogP contribution in [0.3, 0.4) is 0 Å². The van der Waals surface area contributed by atoms with E-state index in [1.165, 1.54) is 6.08 Å². The Morgan fingerprint density at radius 3 is 2.45 bits per heavy atom. The van der Waals surface area contributed by atoms with Crippen LogP contribution in [-0.2, 0) is 16.1 Å². The molecule has 2 N–H and O–H groups in total. The van der Waals surface area contributed by atoms with E-state index >= 15 is 0 Å². The molecule has 1 rings (SSSR count). The van der Waals surface area contributed by atoms with Crippen molar-refractivity contribution in [1.82, 2.24) is 5.32 Å². The number of alkyl carbamates (subject to hydrolysis) is 1. The van der Waals surface area contributed by atoms with Gasteiger partial charge in [-0.25, -0.2) is 9.59 Å². The van der Waals surface area contributed by atoms with Crippen LogP contribution in [0.1, 0.15) is 12.0 Å². The molecule has 1 atom stereocenters. The molecule has 0 bridgehead atoms. The van der Waals surface area contributed by atoms with E-state index in [0.717, 1.165) is 11.6 Å². The highest BCUT2D eigenvalue weighted by atomic mass is 16.5. The van der Waals surface area contributed by atoms with Gasteiger partial charge in [0.2, 0.25) is 0 Å². The van der Waals surface area contributed by atoms with Crippen molar-refractivity contribution in [2.45, 2.75) is 18.6 Å². The molecule has 0 aliphatic heterocycles. The molecule has 106 valence electrons. The van der Waals surface area contributed by atoms with Crippen LogP contribution in [0.15, 0.2) is 55.6 Å². The summed E-state index contributed by atoms with van der Waals surface area (Å²) < 4.78 is 4.99. The Morgan fingerprint density at radius 2 is 1.95 bits per heavy atom. The minimum Gasteiger partial charge on any atom is -0.479 e. The summed E-state index contributed by atoms with van der Waals surface area (Å²) in [6.07, 6.45) is 1.75. The van der Waals surface area contributed by atoms with Gasteiger partial charge < -0.3 is 15.2 Å². The predicted octanol–water partition coefficient (Wildman–Crippen LogP) is 2.50. The molecule has 1 aromatic rings. The van der Waals surface area contributed by atoms with Gasteiger partial charge in [0, 0.05) is 6.42 Å². The van der Waals surface area contributed by atoms with Crippen molar-refractivity contribution in [1.29, 1.82) is 0 Å². The lowest BCUT2D eigenvalue weighted by atomic mass is 9.96. The Kier molecular flexibility index (Phi) is 5.53. The fourth-order valence-electron chi connectivity index (χ4n) is 1.58. The van der Waals surface area contributed by atoms with Crippen LogP contribution in [0, 0.1) is 0 Å². The first kappa shape index (κ1) is 15.5. The monoisotopic (exact) mass is 275 g/mol. The Morgan fingerprint density at radius 1 is 1.30 bits per heavy atom. The smallest absolute Gasteiger partial charge is 0.408 e. The maximum absolute atomic E-state index is 11.7. The largest absolute Gasteiger partial charge is 0.479 e. The van der Waals surface area contributed by atoms with E-state index in [2.05, 4.69) is 18.5 Å². The van der Waals surface area contributed by atoms with Gasteiger partial charge >= 0.3 is 12.1 Å². The fraction of sp³-hybridized carbons (Fsp3) is 0.200. The normalized spacial score (nSPS) is 12.8. The van der Waals surface area contributed by atoms with Gasteiger partial charge in [-0.05, 0) is 5.56 Å². The number of rotatable bonds is 7. The van der Waals surface area contributed by atoms with Gasteiger partial charge in [0.15, 0.2) is 5.54 Å². The number of hydrogen-bond acceptors (Lipinski definition) is 3. The minimum atomic E-state index is -1.60. The van der Waals surface area contributed by atoms with Gasteiger partial charge in [-0.2, -0.15) is 0 Å². The number of carbonyl (C=O) groups is 2. The quantitative estimate of drug-likeness (QED) is 0.750. The maximum Gasteiger partial charge on any atom is 0.408 e. The lowest BCUT2D eigenvalue weighted by molar-refractivity contribution is -0.142. The average Bonchev–Trinajstić information content (AvgIpc) is 2.45. The number of carbonyl (C=O) groups excluding carboxylic acids is 1. The van der Waals surface area contributed by atoms with Crippen molar-refractivity contribution < 1.29 is 19.4 Å². The third-order valence-electron chi connectivity index (χ3n) is 2.73. The first-order valence-corrected chi connectivity index (χ1v) is 6.01. The predicted molar refractivity (Wildman–Crippen MR) is 75.1 cm³/mol. The number of ether oxygens (including phenoxy) is 1. The van der Waals surface area contributed by atoms with Crippen molar-refractivity contribution in [3.05, 3.63) is 61.2 Å². The number of carboxylic acids is 1. The summed E-state index contributed by atoms with van der Waals surface area (Å²) in [4.78, 5) is 23.0. The summed E-state index contributed by atoms with van der Waals surface area (Å²) in [7, 11) is 0. The Hall–Kier alpha value is -2.56. The molecule has 0 aromatic heterocycles. The highest BCUT2D eigenvalue weighted by Gasteiger charge is 2.36. The molecule has 0 aliphatic carbocycles. The Labute approximate surface area is 117 Å². The third kappa shape index (κ3) is 3.98. The van der Waals surface area contributed by atoms with Crippen LogP contribution >= 0.6 is 0 Å². The fourth-order valence-corrected chi connectivity index (χ4v) is 1.58. The van der Waals surface area contributed by atoms with E-state index in [1.54, 1.807) is 12.1 Å². The second kappa shape index (κ2) is 7.13. The topological polar surface area (TPSA) is 75.6 Å². The zero-order valence-electron chi connectivity index (χ0n) is 11.0. The molecule has 0 radical (unpaired) electrons. The molecule has 0 heterocycles. The molecule has 0 unspecified atom stereocenters. The molecular weight excluding hydrogens is 258 g/mol. The summed E-state index contributed by atoms with van der Waals surface area (Å²) in [5, 5.41) is 11.5. The van der Waals surface area contributed by atoms with E-state index in [0.29, 0.717) is 0 Å². The third-order valence-corrected chi connectivity index (χ3v) is 2.73. The minimum absolute atomic E-state index is 0.0201. The number of benzene rings is 1. The number of aliphatic carboxylic acids is 1. The van der Waals surface area contributed by atoms with Gasteiger partial charge in [-0.3, -0.25) is 0 Å². The summed E-state index contributed by atoms with van der Waals surface area (Å²) >= 11 is 0. The number of carboxylic acid groups (broad SMARTS) is 1. The maximum atomic E-state index is 11.7. The Balaban J connectivity index is 2.65. The average molecular weight is 275 g/mol. The van der Waals surface area contributed by atoms with Crippen LogP contribution in [-0.4, -0.2) is 22.7 Å². The first-order chi connectivity index (χ1) is 9.54. The summed E-state index contributed by atoms with van der Waals surface area (Å²) in [5.41, 5.74) is -0.791. The second-order valence-corrected chi connectivity index (χ2v) is 4.16. The Bertz CT molecular complexity index is 498. The molecule has 1 aromatic carbocycles. The van der Waals surface area contributed by atoms with Crippen molar-refractivity contribution in [3.8, 4) is 0 Å². The molecule has 0 aliphatic rings. The molecule has 0 spiro atoms. The van der Waals surface area contributed by atoms with Crippen LogP contribution in [0.4, 0.5) is 4.79 Å². The van der Waals surface area contributed by atoms with Crippen molar-refractivity contribution in [2.24, 2.45) is 0 Å². The van der Waals surface area contributed by atoms with Gasteiger partial charge in [0.1, 0.15) is 6.61 Å². The molecule has 1 amide bonds. The lowest BCUT2D eigenvalue weighted by Crippen LogP contribution is -2.52. The zero-order valence-corrected chi connectivity index (χ0v) is 11.0. The van der Waals surface area contributed by atoms with Gasteiger partial charge in [0.25, 0.3) is 0 Å². The second-order valence-electron chi connectivity index (χ2n) is 4.16. The van der Waals surface area contributed by atoms with Crippen LogP contribution in [0.2, 0.25) is 0 Å². The molecule has 0 fully saturated rings. The molecular formula is C15H17NO4. The van der Waals surface area contributed by atoms with Gasteiger partial charge in [-0.1, -0.05) is 42.5 Å². The van der Waals surface area contributed by atoms with E-state index < -0.39 is 17.6 Å². The summed E-state index contributed by atoms with van der Waals surface area (Å²) in [6, 6.07) is 9.09. The standard InChI is InChI=1S/C15H17NO4/c1-3-10-15(4-2,13(17)18)16-14(19)20-11-12-8-6-5-7-9-12/h3-9H,1-2,10-11H2,(H,16,19)(H,17,18)/t15-/m1/s1. The molecule has 0 saturated heterocycles. The number of amides is 1. The van der Waals surface area contributed by atoms with Crippen LogP contribution in [0.5, 0.6) is 0 Å². The molecule has 5 heteroatoms. The van der Waals surface area contributed by atoms with Crippen LogP contribution in [0.25, 0.3) is 0 Å². The first-order valence-electron chi connectivity index (χ1n) is 6.01. The number of hydrogen-bond donors (Lipinski definition) is 2. The van der Waals surface area contributed by atoms with Crippen molar-refractivity contribution >= 4 is 12.1 Å². The van der Waals surface area contributed by atoms with E-state index in [9.17, 15) is 14.7 Å². The molecule has 20 heavy (non-hydrogen) atoms. The highest BCUT2D eigenvalue weighted by Crippen LogP contribution is 2.14. The van der Waals surface area contributed by atoms with Gasteiger partial charge in [0.05, 0.1) is 0 Å². The molecule has 5 nitrogen and oxygen atoms in total. The van der Waals surface area contributed by atoms with E-state index in [-0.39, 0.29) is 13.0 Å². The van der Waals surface area contributed by atoms with Gasteiger partial charge in [-0.15, -0.1) is 13.2 Å². The van der Waals surface area contributed by atoms with Crippen molar-refractivity contribution in [3.63, 3.8) is 0 Å². The summed E-state index contributed by atoms with van der Waals surface area (Å²) in [6.45, 7) is 6.98. The summed E-state index contributed by atoms with van der Waals surface area (Å²) in [5.74, 6) is -1.22. The number of nitrogens with one attached hydrogen (secondary N) is 1. The zero-order chi connectivity index (χ0) is 15.0. The van der Waals surface area contributed by atoms with E-state index in [1.807, 2.05) is 18.2 Å². The van der Waals surface area contributed by atoms with E-state index in [4.69, 9.17) is 4.74 Å².